The molecule has 0 nitrogen and oxygen atoms in total. The van der Waals surface area contributed by atoms with Crippen LogP contribution < -0.4 is 0 Å². The fraction of sp³-hybridized carbons (Fsp3) is 0. The highest BCUT2D eigenvalue weighted by Gasteiger charge is 2.11. The summed E-state index contributed by atoms with van der Waals surface area (Å²) in [5.41, 5.74) is 0. The molecule has 4 aromatic rings. The van der Waals surface area contributed by atoms with Crippen LogP contribution in [0.15, 0.2) is 46.9 Å². The van der Waals surface area contributed by atoms with Gasteiger partial charge >= 0.3 is 0 Å². The summed E-state index contributed by atoms with van der Waals surface area (Å²) in [6.07, 6.45) is 0. The van der Waals surface area contributed by atoms with E-state index in [-0.39, 0.29) is 0 Å². The lowest BCUT2D eigenvalue weighted by Crippen LogP contribution is -1.66. The molecule has 0 bridgehead atoms. The van der Waals surface area contributed by atoms with Crippen LogP contribution in [0.5, 0.6) is 0 Å². The topological polar surface area (TPSA) is 0 Å². The zero-order valence-electron chi connectivity index (χ0n) is 8.74. The molecule has 2 aromatic heterocycles. The standard InChI is InChI=1S/C14H7BrS2/c15-8-5-6-10-12(7-8)17-14-13(10)9-3-1-2-4-11(9)16-14/h1-7H. The fourth-order valence-corrected chi connectivity index (χ4v) is 5.39. The molecule has 0 fully saturated rings. The van der Waals surface area contributed by atoms with Crippen LogP contribution in [-0.2, 0) is 0 Å². The van der Waals surface area contributed by atoms with E-state index in [4.69, 9.17) is 0 Å². The van der Waals surface area contributed by atoms with Crippen LogP contribution in [-0.4, -0.2) is 0 Å². The predicted molar refractivity (Wildman–Crippen MR) is 82.4 cm³/mol. The maximum atomic E-state index is 3.54. The molecule has 17 heavy (non-hydrogen) atoms. The second-order valence-electron chi connectivity index (χ2n) is 4.00. The molecular formula is C14H7BrS2. The van der Waals surface area contributed by atoms with Gasteiger partial charge in [0.25, 0.3) is 0 Å². The van der Waals surface area contributed by atoms with Crippen molar-refractivity contribution in [2.24, 2.45) is 0 Å². The Kier molecular flexibility index (Phi) is 2.10. The first-order valence-corrected chi connectivity index (χ1v) is 7.75. The van der Waals surface area contributed by atoms with Crippen LogP contribution in [0.4, 0.5) is 0 Å². The maximum absolute atomic E-state index is 3.54. The lowest BCUT2D eigenvalue weighted by atomic mass is 10.1. The minimum atomic E-state index is 1.16. The van der Waals surface area contributed by atoms with Crippen molar-refractivity contribution < 1.29 is 0 Å². The SMILES string of the molecule is Brc1ccc2c(c1)sc1sc3ccccc3c12. The Labute approximate surface area is 115 Å². The number of benzene rings is 2. The molecule has 0 N–H and O–H groups in total. The summed E-state index contributed by atoms with van der Waals surface area (Å²) in [6.45, 7) is 0. The summed E-state index contributed by atoms with van der Waals surface area (Å²) < 4.78 is 5.34. The van der Waals surface area contributed by atoms with E-state index in [9.17, 15) is 0 Å². The zero-order chi connectivity index (χ0) is 11.4. The van der Waals surface area contributed by atoms with E-state index in [1.165, 1.54) is 29.6 Å². The van der Waals surface area contributed by atoms with Gasteiger partial charge in [-0.1, -0.05) is 40.2 Å². The van der Waals surface area contributed by atoms with Gasteiger partial charge in [0.2, 0.25) is 0 Å². The van der Waals surface area contributed by atoms with E-state index in [1.807, 2.05) is 22.7 Å². The number of rotatable bonds is 0. The van der Waals surface area contributed by atoms with Gasteiger partial charge in [-0.3, -0.25) is 0 Å². The van der Waals surface area contributed by atoms with Gasteiger partial charge in [-0.15, -0.1) is 22.7 Å². The Balaban J connectivity index is 2.31. The van der Waals surface area contributed by atoms with Crippen molar-refractivity contribution in [1.82, 2.24) is 0 Å². The Bertz CT molecular complexity index is 854. The van der Waals surface area contributed by atoms with Gasteiger partial charge in [0.1, 0.15) is 0 Å². The smallest absolute Gasteiger partial charge is 0.0890 e. The van der Waals surface area contributed by atoms with Crippen LogP contribution >= 0.6 is 38.6 Å². The van der Waals surface area contributed by atoms with Gasteiger partial charge in [-0.25, -0.2) is 0 Å². The predicted octanol–water partition coefficient (Wildman–Crippen LogP) is 6.03. The van der Waals surface area contributed by atoms with Crippen molar-refractivity contribution in [1.29, 1.82) is 0 Å². The van der Waals surface area contributed by atoms with Crippen LogP contribution in [0.3, 0.4) is 0 Å². The highest BCUT2D eigenvalue weighted by atomic mass is 79.9. The summed E-state index contributed by atoms with van der Waals surface area (Å²) in [7, 11) is 0. The average molecular weight is 319 g/mol. The summed E-state index contributed by atoms with van der Waals surface area (Å²) >= 11 is 7.32. The van der Waals surface area contributed by atoms with Crippen molar-refractivity contribution in [2.75, 3.05) is 0 Å². The summed E-state index contributed by atoms with van der Waals surface area (Å²) in [5.74, 6) is 0. The Hall–Kier alpha value is -0.900. The second-order valence-corrected chi connectivity index (χ2v) is 7.28. The highest BCUT2D eigenvalue weighted by Crippen LogP contribution is 2.44. The number of thiophene rings is 2. The molecule has 0 aliphatic carbocycles. The monoisotopic (exact) mass is 318 g/mol. The molecular weight excluding hydrogens is 312 g/mol. The normalized spacial score (nSPS) is 11.8. The van der Waals surface area contributed by atoms with Crippen molar-refractivity contribution in [2.45, 2.75) is 0 Å². The molecule has 3 heteroatoms. The zero-order valence-corrected chi connectivity index (χ0v) is 12.0. The molecule has 0 saturated carbocycles. The summed E-state index contributed by atoms with van der Waals surface area (Å²) in [5, 5.41) is 4.20. The van der Waals surface area contributed by atoms with E-state index in [1.54, 1.807) is 0 Å². The quantitative estimate of drug-likeness (QED) is 0.371. The van der Waals surface area contributed by atoms with Crippen LogP contribution in [0.25, 0.3) is 29.6 Å². The van der Waals surface area contributed by atoms with Crippen molar-refractivity contribution >= 4 is 68.2 Å². The lowest BCUT2D eigenvalue weighted by Gasteiger charge is -1.93. The Morgan fingerprint density at radius 1 is 0.824 bits per heavy atom. The molecule has 0 unspecified atom stereocenters. The first kappa shape index (κ1) is 10.1. The number of hydrogen-bond acceptors (Lipinski definition) is 2. The number of halogens is 1. The Morgan fingerprint density at radius 3 is 2.53 bits per heavy atom. The second kappa shape index (κ2) is 3.55. The van der Waals surface area contributed by atoms with Crippen LogP contribution in [0.2, 0.25) is 0 Å². The first-order valence-electron chi connectivity index (χ1n) is 5.32. The van der Waals surface area contributed by atoms with Crippen molar-refractivity contribution in [3.8, 4) is 0 Å². The van der Waals surface area contributed by atoms with E-state index < -0.39 is 0 Å². The first-order chi connectivity index (χ1) is 8.33. The minimum Gasteiger partial charge on any atom is -0.124 e. The molecule has 0 atom stereocenters. The summed E-state index contributed by atoms with van der Waals surface area (Å²) in [4.78, 5) is 0. The molecule has 82 valence electrons. The third-order valence-electron chi connectivity index (χ3n) is 2.98. The minimum absolute atomic E-state index is 1.16. The van der Waals surface area contributed by atoms with Gasteiger partial charge < -0.3 is 0 Å². The largest absolute Gasteiger partial charge is 0.124 e. The van der Waals surface area contributed by atoms with Crippen LogP contribution in [0.1, 0.15) is 0 Å². The van der Waals surface area contributed by atoms with E-state index in [0.717, 1.165) is 4.47 Å². The van der Waals surface area contributed by atoms with Gasteiger partial charge in [0, 0.05) is 30.0 Å². The molecule has 2 heterocycles. The maximum Gasteiger partial charge on any atom is 0.0890 e. The van der Waals surface area contributed by atoms with Gasteiger partial charge in [0.05, 0.1) is 4.01 Å². The van der Waals surface area contributed by atoms with Gasteiger partial charge in [-0.05, 0) is 18.2 Å². The summed E-state index contributed by atoms with van der Waals surface area (Å²) in [6, 6.07) is 15.2. The average Bonchev–Trinajstić information content (AvgIpc) is 2.83. The van der Waals surface area contributed by atoms with Gasteiger partial charge in [0.15, 0.2) is 0 Å². The van der Waals surface area contributed by atoms with E-state index in [0.29, 0.717) is 0 Å². The van der Waals surface area contributed by atoms with Crippen LogP contribution in [0, 0.1) is 0 Å². The molecule has 0 saturated heterocycles. The van der Waals surface area contributed by atoms with E-state index >= 15 is 0 Å². The number of hydrogen-bond donors (Lipinski definition) is 0. The third-order valence-corrected chi connectivity index (χ3v) is 5.88. The number of fused-ring (bicyclic) bond motifs is 5. The third kappa shape index (κ3) is 1.39. The fourth-order valence-electron chi connectivity index (χ4n) is 2.24. The molecule has 2 aromatic carbocycles. The highest BCUT2D eigenvalue weighted by molar-refractivity contribution is 9.10. The molecule has 0 radical (unpaired) electrons. The molecule has 0 aliphatic heterocycles. The lowest BCUT2D eigenvalue weighted by molar-refractivity contribution is 1.78. The van der Waals surface area contributed by atoms with Crippen molar-refractivity contribution in [3.05, 3.63) is 46.9 Å². The molecule has 0 aliphatic rings. The molecule has 4 rings (SSSR count). The van der Waals surface area contributed by atoms with Crippen molar-refractivity contribution in [3.63, 3.8) is 0 Å². The molecule has 0 amide bonds. The Morgan fingerprint density at radius 2 is 1.59 bits per heavy atom. The van der Waals surface area contributed by atoms with E-state index in [2.05, 4.69) is 58.4 Å². The molecule has 0 spiro atoms. The van der Waals surface area contributed by atoms with Gasteiger partial charge in [-0.2, -0.15) is 0 Å².